The summed E-state index contributed by atoms with van der Waals surface area (Å²) in [6.07, 6.45) is 1.49. The number of nitrogens with zero attached hydrogens (tertiary/aromatic N) is 4. The fraction of sp³-hybridized carbons (Fsp3) is 0.412. The topological polar surface area (TPSA) is 158 Å². The van der Waals surface area contributed by atoms with Gasteiger partial charge in [-0.25, -0.2) is 17.6 Å². The smallest absolute Gasteiger partial charge is 0.407 e. The Balaban J connectivity index is 1.81. The van der Waals surface area contributed by atoms with Crippen LogP contribution in [0, 0.1) is 0 Å². The zero-order valence-corrected chi connectivity index (χ0v) is 16.7. The van der Waals surface area contributed by atoms with Crippen LogP contribution in [-0.4, -0.2) is 76.8 Å². The molecule has 0 saturated carbocycles. The quantitative estimate of drug-likeness (QED) is 0.656. The molecule has 0 unspecified atom stereocenters. The van der Waals surface area contributed by atoms with E-state index in [1.165, 1.54) is 29.3 Å². The van der Waals surface area contributed by atoms with Crippen molar-refractivity contribution in [1.82, 2.24) is 19.7 Å². The molecule has 30 heavy (non-hydrogen) atoms. The van der Waals surface area contributed by atoms with Crippen LogP contribution in [-0.2, 0) is 15.7 Å². The molecule has 162 valence electrons. The Kier molecular flexibility index (Phi) is 5.92. The molecule has 3 rings (SSSR count). The highest BCUT2D eigenvalue weighted by atomic mass is 32.2. The van der Waals surface area contributed by atoms with Crippen LogP contribution in [0.4, 0.5) is 9.18 Å². The lowest BCUT2D eigenvalue weighted by Crippen LogP contribution is -2.48. The van der Waals surface area contributed by atoms with Crippen molar-refractivity contribution in [1.29, 1.82) is 0 Å². The number of amides is 2. The highest BCUT2D eigenvalue weighted by molar-refractivity contribution is 7.89. The lowest BCUT2D eigenvalue weighted by atomic mass is 10.1. The number of primary amides is 1. The number of sulfone groups is 1. The van der Waals surface area contributed by atoms with Crippen LogP contribution in [0.2, 0.25) is 0 Å². The van der Waals surface area contributed by atoms with Gasteiger partial charge in [0.05, 0.1) is 30.2 Å². The summed E-state index contributed by atoms with van der Waals surface area (Å²) in [6, 6.07) is 1.35. The summed E-state index contributed by atoms with van der Waals surface area (Å²) in [6.45, 7) is -0.242. The Labute approximate surface area is 171 Å². The summed E-state index contributed by atoms with van der Waals surface area (Å²) in [7, 11) is -3.30. The molecule has 1 fully saturated rings. The standard InChI is InChI=1S/C17H20FN5O6S/c1-30(27,28)9-23-7-10(5-21-23)13-4-11(16(19)24)15(6-20-13)29-14-2-3-22(17(25)26)8-12(14)18/h4-7,12,14H,2-3,8-9H2,1H3,(H2,19,24)(H,25,26)/t12-,14+/m0/s1. The first-order valence-electron chi connectivity index (χ1n) is 8.82. The van der Waals surface area contributed by atoms with E-state index in [-0.39, 0.29) is 36.7 Å². The number of alkyl halides is 1. The highest BCUT2D eigenvalue weighted by Gasteiger charge is 2.33. The van der Waals surface area contributed by atoms with Crippen molar-refractivity contribution in [2.75, 3.05) is 19.3 Å². The van der Waals surface area contributed by atoms with Gasteiger partial charge in [0.15, 0.2) is 21.8 Å². The number of halogens is 1. The van der Waals surface area contributed by atoms with Crippen molar-refractivity contribution >= 4 is 21.8 Å². The molecule has 3 N–H and O–H groups in total. The molecule has 1 saturated heterocycles. The third kappa shape index (κ3) is 5.03. The molecule has 3 heterocycles. The lowest BCUT2D eigenvalue weighted by Gasteiger charge is -2.33. The Bertz CT molecular complexity index is 1070. The molecule has 1 aliphatic heterocycles. The van der Waals surface area contributed by atoms with Crippen molar-refractivity contribution in [2.24, 2.45) is 5.73 Å². The van der Waals surface area contributed by atoms with Crippen LogP contribution >= 0.6 is 0 Å². The normalized spacial score (nSPS) is 19.5. The monoisotopic (exact) mass is 441 g/mol. The number of carbonyl (C=O) groups is 2. The Hall–Kier alpha value is -3.22. The predicted octanol–water partition coefficient (Wildman–Crippen LogP) is 0.515. The van der Waals surface area contributed by atoms with E-state index in [0.29, 0.717) is 11.3 Å². The van der Waals surface area contributed by atoms with Gasteiger partial charge >= 0.3 is 6.09 Å². The molecular weight excluding hydrogens is 421 g/mol. The average molecular weight is 441 g/mol. The molecule has 0 aliphatic carbocycles. The number of carbonyl (C=O) groups excluding carboxylic acids is 1. The van der Waals surface area contributed by atoms with Crippen molar-refractivity contribution in [3.05, 3.63) is 30.2 Å². The fourth-order valence-electron chi connectivity index (χ4n) is 3.05. The van der Waals surface area contributed by atoms with Crippen LogP contribution in [0.5, 0.6) is 5.75 Å². The summed E-state index contributed by atoms with van der Waals surface area (Å²) in [5.41, 5.74) is 6.14. The number of aromatic nitrogens is 3. The number of piperidine rings is 1. The van der Waals surface area contributed by atoms with E-state index in [1.807, 2.05) is 0 Å². The number of carboxylic acid groups (broad SMARTS) is 1. The molecule has 13 heteroatoms. The Morgan fingerprint density at radius 1 is 1.40 bits per heavy atom. The van der Waals surface area contributed by atoms with Gasteiger partial charge in [-0.3, -0.25) is 14.5 Å². The van der Waals surface area contributed by atoms with E-state index in [9.17, 15) is 22.4 Å². The lowest BCUT2D eigenvalue weighted by molar-refractivity contribution is 0.0243. The van der Waals surface area contributed by atoms with Gasteiger partial charge in [-0.1, -0.05) is 0 Å². The van der Waals surface area contributed by atoms with Crippen LogP contribution in [0.25, 0.3) is 11.3 Å². The number of ether oxygens (including phenoxy) is 1. The van der Waals surface area contributed by atoms with Crippen LogP contribution in [0.15, 0.2) is 24.7 Å². The molecule has 2 atom stereocenters. The molecule has 1 aliphatic rings. The number of nitrogens with two attached hydrogens (primary N) is 1. The largest absolute Gasteiger partial charge is 0.485 e. The summed E-state index contributed by atoms with van der Waals surface area (Å²) >= 11 is 0. The maximum absolute atomic E-state index is 14.3. The molecule has 2 aromatic heterocycles. The van der Waals surface area contributed by atoms with Crippen LogP contribution in [0.3, 0.4) is 0 Å². The second-order valence-corrected chi connectivity index (χ2v) is 9.05. The SMILES string of the molecule is CS(=O)(=O)Cn1cc(-c2cc(C(N)=O)c(O[C@@H]3CCN(C(=O)O)C[C@@H]3F)cn2)cn1. The average Bonchev–Trinajstić information content (AvgIpc) is 3.09. The molecule has 2 amide bonds. The maximum atomic E-state index is 14.3. The predicted molar refractivity (Wildman–Crippen MR) is 102 cm³/mol. The summed E-state index contributed by atoms with van der Waals surface area (Å²) in [5, 5.41) is 12.9. The van der Waals surface area contributed by atoms with E-state index in [0.717, 1.165) is 11.2 Å². The summed E-state index contributed by atoms with van der Waals surface area (Å²) in [4.78, 5) is 28.0. The minimum atomic E-state index is -3.30. The minimum absolute atomic E-state index is 0.0220. The molecule has 0 aromatic carbocycles. The van der Waals surface area contributed by atoms with Crippen molar-refractivity contribution < 1.29 is 32.2 Å². The Morgan fingerprint density at radius 2 is 2.13 bits per heavy atom. The molecule has 0 bridgehead atoms. The first-order chi connectivity index (χ1) is 14.0. The number of hydrogen-bond donors (Lipinski definition) is 2. The van der Waals surface area contributed by atoms with E-state index in [4.69, 9.17) is 15.6 Å². The number of rotatable bonds is 6. The van der Waals surface area contributed by atoms with Gasteiger partial charge in [0.2, 0.25) is 0 Å². The van der Waals surface area contributed by atoms with E-state index < -0.39 is 34.1 Å². The van der Waals surface area contributed by atoms with Gasteiger partial charge in [0.25, 0.3) is 5.91 Å². The summed E-state index contributed by atoms with van der Waals surface area (Å²) < 4.78 is 43.9. The van der Waals surface area contributed by atoms with Gasteiger partial charge in [0, 0.05) is 31.0 Å². The first kappa shape index (κ1) is 21.5. The zero-order valence-electron chi connectivity index (χ0n) is 15.9. The number of likely N-dealkylation sites (tertiary alicyclic amines) is 1. The zero-order chi connectivity index (χ0) is 22.1. The second kappa shape index (κ2) is 8.26. The molecule has 11 nitrogen and oxygen atoms in total. The van der Waals surface area contributed by atoms with Gasteiger partial charge < -0.3 is 20.5 Å². The molecule has 2 aromatic rings. The Morgan fingerprint density at radius 3 is 2.73 bits per heavy atom. The molecule has 0 radical (unpaired) electrons. The fourth-order valence-corrected chi connectivity index (χ4v) is 3.67. The van der Waals surface area contributed by atoms with Gasteiger partial charge in [-0.2, -0.15) is 5.10 Å². The van der Waals surface area contributed by atoms with E-state index in [2.05, 4.69) is 10.1 Å². The van der Waals surface area contributed by atoms with Crippen molar-refractivity contribution in [2.45, 2.75) is 24.6 Å². The van der Waals surface area contributed by atoms with Crippen LogP contribution in [0.1, 0.15) is 16.8 Å². The van der Waals surface area contributed by atoms with E-state index in [1.54, 1.807) is 0 Å². The van der Waals surface area contributed by atoms with Crippen molar-refractivity contribution in [3.8, 4) is 17.0 Å². The molecular formula is C17H20FN5O6S. The third-order valence-corrected chi connectivity index (χ3v) is 5.19. The second-order valence-electron chi connectivity index (χ2n) is 6.94. The van der Waals surface area contributed by atoms with Crippen molar-refractivity contribution in [3.63, 3.8) is 0 Å². The van der Waals surface area contributed by atoms with E-state index >= 15 is 0 Å². The van der Waals surface area contributed by atoms with Gasteiger partial charge in [-0.05, 0) is 6.07 Å². The summed E-state index contributed by atoms with van der Waals surface area (Å²) in [5.74, 6) is -1.16. The minimum Gasteiger partial charge on any atom is -0.485 e. The number of hydrogen-bond acceptors (Lipinski definition) is 7. The van der Waals surface area contributed by atoms with Gasteiger partial charge in [-0.15, -0.1) is 0 Å². The van der Waals surface area contributed by atoms with Crippen LogP contribution < -0.4 is 10.5 Å². The maximum Gasteiger partial charge on any atom is 0.407 e. The van der Waals surface area contributed by atoms with Gasteiger partial charge in [0.1, 0.15) is 12.0 Å². The highest BCUT2D eigenvalue weighted by Crippen LogP contribution is 2.27. The number of pyridine rings is 1. The molecule has 0 spiro atoms. The third-order valence-electron chi connectivity index (χ3n) is 4.46. The first-order valence-corrected chi connectivity index (χ1v) is 10.9.